The van der Waals surface area contributed by atoms with Crippen molar-refractivity contribution in [2.45, 2.75) is 33.4 Å². The van der Waals surface area contributed by atoms with Crippen LogP contribution in [0.15, 0.2) is 28.7 Å². The van der Waals surface area contributed by atoms with E-state index in [1.807, 2.05) is 47.0 Å². The summed E-state index contributed by atoms with van der Waals surface area (Å²) in [7, 11) is 3.92. The van der Waals surface area contributed by atoms with Gasteiger partial charge in [0.15, 0.2) is 6.04 Å². The predicted molar refractivity (Wildman–Crippen MR) is 95.5 cm³/mol. The summed E-state index contributed by atoms with van der Waals surface area (Å²) >= 11 is 3.44. The van der Waals surface area contributed by atoms with Gasteiger partial charge in [-0.25, -0.2) is 0 Å². The van der Waals surface area contributed by atoms with E-state index in [9.17, 15) is 4.79 Å². The van der Waals surface area contributed by atoms with Gasteiger partial charge in [-0.15, -0.1) is 0 Å². The second-order valence-electron chi connectivity index (χ2n) is 6.03. The Morgan fingerprint density at radius 1 is 1.35 bits per heavy atom. The Bertz CT molecular complexity index is 693. The van der Waals surface area contributed by atoms with Gasteiger partial charge in [-0.1, -0.05) is 28.1 Å². The Hall–Kier alpha value is -1.66. The Labute approximate surface area is 145 Å². The van der Waals surface area contributed by atoms with Crippen molar-refractivity contribution in [2.24, 2.45) is 7.05 Å². The molecule has 1 amide bonds. The molecule has 6 heteroatoms. The number of aromatic nitrogens is 2. The van der Waals surface area contributed by atoms with Crippen LogP contribution < -0.4 is 10.2 Å². The molecule has 2 atom stereocenters. The molecule has 1 unspecified atom stereocenters. The Kier molecular flexibility index (Phi) is 5.59. The lowest BCUT2D eigenvalue weighted by atomic mass is 10.2. The molecule has 0 spiro atoms. The number of carbonyl (C=O) groups excluding carboxylic acids is 1. The summed E-state index contributed by atoms with van der Waals surface area (Å²) in [5.41, 5.74) is 3.84. The van der Waals surface area contributed by atoms with Crippen LogP contribution in [0.5, 0.6) is 0 Å². The molecule has 0 aliphatic carbocycles. The lowest BCUT2D eigenvalue weighted by Crippen LogP contribution is -3.12. The highest BCUT2D eigenvalue weighted by atomic mass is 79.9. The van der Waals surface area contributed by atoms with Crippen molar-refractivity contribution in [2.75, 3.05) is 12.4 Å². The molecule has 1 aromatic heterocycles. The first-order valence-electron chi connectivity index (χ1n) is 7.67. The zero-order valence-corrected chi connectivity index (χ0v) is 15.9. The van der Waals surface area contributed by atoms with Crippen LogP contribution >= 0.6 is 15.9 Å². The first-order valence-corrected chi connectivity index (χ1v) is 8.46. The van der Waals surface area contributed by atoms with E-state index in [1.54, 1.807) is 4.68 Å². The van der Waals surface area contributed by atoms with Crippen LogP contribution in [0.1, 0.15) is 23.9 Å². The highest BCUT2D eigenvalue weighted by Crippen LogP contribution is 2.18. The van der Waals surface area contributed by atoms with Gasteiger partial charge in [-0.05, 0) is 32.9 Å². The molecule has 1 heterocycles. The van der Waals surface area contributed by atoms with Gasteiger partial charge in [0, 0.05) is 17.1 Å². The fourth-order valence-corrected chi connectivity index (χ4v) is 2.75. The minimum atomic E-state index is -0.155. The van der Waals surface area contributed by atoms with Gasteiger partial charge in [0.25, 0.3) is 5.91 Å². The lowest BCUT2D eigenvalue weighted by molar-refractivity contribution is -0.907. The van der Waals surface area contributed by atoms with E-state index in [-0.39, 0.29) is 11.9 Å². The summed E-state index contributed by atoms with van der Waals surface area (Å²) in [5.74, 6) is 0.0128. The standard InChI is InChI=1S/C17H23BrN4O/c1-11-16(12(2)22(5)20-11)19-17(23)13(3)21(4)10-14-6-8-15(18)9-7-14/h6-9,13H,10H2,1-5H3,(H,19,23)/p+1/t13-/m0/s1. The zero-order valence-electron chi connectivity index (χ0n) is 14.3. The molecular weight excluding hydrogens is 356 g/mol. The van der Waals surface area contributed by atoms with E-state index in [2.05, 4.69) is 38.5 Å². The van der Waals surface area contributed by atoms with Crippen molar-refractivity contribution >= 4 is 27.5 Å². The molecule has 2 N–H and O–H groups in total. The average molecular weight is 380 g/mol. The molecule has 124 valence electrons. The second kappa shape index (κ2) is 7.27. The number of amides is 1. The number of nitrogens with one attached hydrogen (secondary N) is 2. The van der Waals surface area contributed by atoms with Crippen LogP contribution in [0.4, 0.5) is 5.69 Å². The number of likely N-dealkylation sites (N-methyl/N-ethyl adjacent to an activating group) is 1. The number of carbonyl (C=O) groups is 1. The quantitative estimate of drug-likeness (QED) is 0.832. The molecule has 0 aliphatic heterocycles. The molecule has 1 aromatic carbocycles. The number of anilines is 1. The Morgan fingerprint density at radius 3 is 2.48 bits per heavy atom. The van der Waals surface area contributed by atoms with Crippen molar-refractivity contribution in [1.29, 1.82) is 0 Å². The van der Waals surface area contributed by atoms with Crippen LogP contribution in [0.25, 0.3) is 0 Å². The van der Waals surface area contributed by atoms with Gasteiger partial charge in [0.2, 0.25) is 0 Å². The molecule has 2 aromatic rings. The van der Waals surface area contributed by atoms with Crippen molar-refractivity contribution in [1.82, 2.24) is 9.78 Å². The van der Waals surface area contributed by atoms with Crippen LogP contribution in [0, 0.1) is 13.8 Å². The maximum atomic E-state index is 12.5. The minimum Gasteiger partial charge on any atom is -0.324 e. The molecule has 0 saturated heterocycles. The second-order valence-corrected chi connectivity index (χ2v) is 6.95. The number of aryl methyl sites for hydroxylation is 2. The maximum absolute atomic E-state index is 12.5. The summed E-state index contributed by atoms with van der Waals surface area (Å²) < 4.78 is 2.85. The Morgan fingerprint density at radius 2 is 1.96 bits per heavy atom. The molecular formula is C17H24BrN4O+. The van der Waals surface area contributed by atoms with E-state index in [1.165, 1.54) is 5.56 Å². The first-order chi connectivity index (χ1) is 10.8. The molecule has 23 heavy (non-hydrogen) atoms. The van der Waals surface area contributed by atoms with E-state index >= 15 is 0 Å². The summed E-state index contributed by atoms with van der Waals surface area (Å²) in [6.45, 7) is 6.61. The zero-order chi connectivity index (χ0) is 17.1. The number of nitrogens with zero attached hydrogens (tertiary/aromatic N) is 2. The van der Waals surface area contributed by atoms with Gasteiger partial charge in [0.1, 0.15) is 6.54 Å². The van der Waals surface area contributed by atoms with Crippen molar-refractivity contribution in [3.63, 3.8) is 0 Å². The topological polar surface area (TPSA) is 51.4 Å². The molecule has 5 nitrogen and oxygen atoms in total. The smallest absolute Gasteiger partial charge is 0.282 e. The van der Waals surface area contributed by atoms with E-state index < -0.39 is 0 Å². The van der Waals surface area contributed by atoms with Gasteiger partial charge in [-0.3, -0.25) is 9.48 Å². The van der Waals surface area contributed by atoms with Gasteiger partial charge >= 0.3 is 0 Å². The largest absolute Gasteiger partial charge is 0.324 e. The summed E-state index contributed by atoms with van der Waals surface area (Å²) in [6, 6.07) is 8.05. The fraction of sp³-hybridized carbons (Fsp3) is 0.412. The highest BCUT2D eigenvalue weighted by Gasteiger charge is 2.24. The number of quaternary nitrogens is 1. The van der Waals surface area contributed by atoms with Crippen LogP contribution in [-0.4, -0.2) is 28.8 Å². The number of rotatable bonds is 5. The number of benzene rings is 1. The summed E-state index contributed by atoms with van der Waals surface area (Å²) in [6.07, 6.45) is 0. The number of halogens is 1. The Balaban J connectivity index is 2.02. The summed E-state index contributed by atoms with van der Waals surface area (Å²) in [5, 5.41) is 7.36. The van der Waals surface area contributed by atoms with Crippen molar-refractivity contribution < 1.29 is 9.69 Å². The summed E-state index contributed by atoms with van der Waals surface area (Å²) in [4.78, 5) is 13.7. The first kappa shape index (κ1) is 17.7. The number of hydrogen-bond donors (Lipinski definition) is 2. The normalized spacial score (nSPS) is 13.7. The lowest BCUT2D eigenvalue weighted by Gasteiger charge is -2.21. The predicted octanol–water partition coefficient (Wildman–Crippen LogP) is 1.84. The molecule has 0 saturated carbocycles. The molecule has 0 aliphatic rings. The van der Waals surface area contributed by atoms with Gasteiger partial charge in [-0.2, -0.15) is 5.10 Å². The van der Waals surface area contributed by atoms with Gasteiger partial charge in [0.05, 0.1) is 24.1 Å². The average Bonchev–Trinajstić information content (AvgIpc) is 2.75. The fourth-order valence-electron chi connectivity index (χ4n) is 2.49. The van der Waals surface area contributed by atoms with Crippen LogP contribution in [0.3, 0.4) is 0 Å². The molecule has 0 bridgehead atoms. The third-order valence-electron chi connectivity index (χ3n) is 4.29. The number of hydrogen-bond acceptors (Lipinski definition) is 2. The molecule has 0 radical (unpaired) electrons. The van der Waals surface area contributed by atoms with E-state index in [4.69, 9.17) is 0 Å². The molecule has 0 fully saturated rings. The minimum absolute atomic E-state index is 0.0128. The van der Waals surface area contributed by atoms with Crippen molar-refractivity contribution in [3.8, 4) is 0 Å². The third kappa shape index (κ3) is 4.20. The van der Waals surface area contributed by atoms with Crippen LogP contribution in [0.2, 0.25) is 0 Å². The third-order valence-corrected chi connectivity index (χ3v) is 4.81. The highest BCUT2D eigenvalue weighted by molar-refractivity contribution is 9.10. The maximum Gasteiger partial charge on any atom is 0.282 e. The van der Waals surface area contributed by atoms with Crippen LogP contribution in [-0.2, 0) is 18.4 Å². The SMILES string of the molecule is Cc1nn(C)c(C)c1NC(=O)[C@H](C)[NH+](C)Cc1ccc(Br)cc1. The van der Waals surface area contributed by atoms with Crippen molar-refractivity contribution in [3.05, 3.63) is 45.7 Å². The molecule has 2 rings (SSSR count). The van der Waals surface area contributed by atoms with E-state index in [0.29, 0.717) is 0 Å². The monoisotopic (exact) mass is 379 g/mol. The van der Waals surface area contributed by atoms with E-state index in [0.717, 1.165) is 33.0 Å². The van der Waals surface area contributed by atoms with Gasteiger partial charge < -0.3 is 10.2 Å².